The molecule has 0 aromatic rings. The number of rotatable bonds is 6. The van der Waals surface area contributed by atoms with Gasteiger partial charge in [-0.1, -0.05) is 13.8 Å². The second-order valence-corrected chi connectivity index (χ2v) is 5.25. The molecule has 1 aliphatic rings. The minimum atomic E-state index is -1.27. The fourth-order valence-corrected chi connectivity index (χ4v) is 1.67. The summed E-state index contributed by atoms with van der Waals surface area (Å²) in [6.45, 7) is 4.39. The monoisotopic (exact) mass is 256 g/mol. The van der Waals surface area contributed by atoms with E-state index in [0.29, 0.717) is 25.3 Å². The van der Waals surface area contributed by atoms with E-state index >= 15 is 0 Å². The van der Waals surface area contributed by atoms with E-state index in [2.05, 4.69) is 5.32 Å². The molecule has 2 N–H and O–H groups in total. The molecule has 0 spiro atoms. The zero-order valence-corrected chi connectivity index (χ0v) is 11.0. The van der Waals surface area contributed by atoms with Gasteiger partial charge in [-0.15, -0.1) is 0 Å². The highest BCUT2D eigenvalue weighted by Crippen LogP contribution is 2.47. The number of likely N-dealkylation sites (N-methyl/N-ethyl adjacent to an activating group) is 1. The van der Waals surface area contributed by atoms with Crippen LogP contribution in [0.4, 0.5) is 0 Å². The van der Waals surface area contributed by atoms with Gasteiger partial charge < -0.3 is 15.3 Å². The minimum Gasteiger partial charge on any atom is -0.480 e. The summed E-state index contributed by atoms with van der Waals surface area (Å²) in [5.41, 5.74) is -1.27. The molecule has 0 aliphatic heterocycles. The van der Waals surface area contributed by atoms with E-state index in [-0.39, 0.29) is 12.5 Å². The molecule has 1 fully saturated rings. The number of carboxylic acids is 1. The van der Waals surface area contributed by atoms with Crippen LogP contribution in [0.3, 0.4) is 0 Å². The van der Waals surface area contributed by atoms with Gasteiger partial charge in [0, 0.05) is 13.6 Å². The Hall–Kier alpha value is -1.59. The molecule has 0 atom stereocenters. The lowest BCUT2D eigenvalue weighted by Crippen LogP contribution is -2.44. The third-order valence-corrected chi connectivity index (χ3v) is 3.00. The van der Waals surface area contributed by atoms with Crippen molar-refractivity contribution < 1.29 is 19.5 Å². The summed E-state index contributed by atoms with van der Waals surface area (Å²) in [5, 5.41) is 11.7. The van der Waals surface area contributed by atoms with Gasteiger partial charge in [-0.3, -0.25) is 14.4 Å². The number of aliphatic carboxylic acids is 1. The number of nitrogens with one attached hydrogen (secondary N) is 1. The number of carbonyl (C=O) groups excluding carboxylic acids is 2. The Balaban J connectivity index is 2.46. The first-order valence-electron chi connectivity index (χ1n) is 6.05. The summed E-state index contributed by atoms with van der Waals surface area (Å²) >= 11 is 0. The van der Waals surface area contributed by atoms with Gasteiger partial charge in [0.1, 0.15) is 5.41 Å². The van der Waals surface area contributed by atoms with Crippen molar-refractivity contribution in [2.24, 2.45) is 11.3 Å². The van der Waals surface area contributed by atoms with Crippen molar-refractivity contribution in [3.8, 4) is 0 Å². The molecule has 18 heavy (non-hydrogen) atoms. The van der Waals surface area contributed by atoms with Crippen LogP contribution in [0.5, 0.6) is 0 Å². The second-order valence-electron chi connectivity index (χ2n) is 5.25. The summed E-state index contributed by atoms with van der Waals surface area (Å²) < 4.78 is 0. The van der Waals surface area contributed by atoms with Gasteiger partial charge in [-0.05, 0) is 18.8 Å². The van der Waals surface area contributed by atoms with Crippen molar-refractivity contribution in [1.29, 1.82) is 0 Å². The SMILES string of the molecule is CC(C)CNC(=O)CN(C)C(=O)C1(C(=O)O)CC1. The first-order chi connectivity index (χ1) is 8.29. The first-order valence-corrected chi connectivity index (χ1v) is 6.05. The van der Waals surface area contributed by atoms with Gasteiger partial charge in [-0.25, -0.2) is 0 Å². The van der Waals surface area contributed by atoms with E-state index in [9.17, 15) is 14.4 Å². The molecule has 102 valence electrons. The number of carbonyl (C=O) groups is 3. The quantitative estimate of drug-likeness (QED) is 0.659. The molecule has 1 rings (SSSR count). The number of hydrogen-bond acceptors (Lipinski definition) is 3. The molecule has 6 nitrogen and oxygen atoms in total. The molecule has 0 radical (unpaired) electrons. The van der Waals surface area contributed by atoms with Crippen LogP contribution in [0.25, 0.3) is 0 Å². The van der Waals surface area contributed by atoms with Crippen molar-refractivity contribution in [2.75, 3.05) is 20.1 Å². The van der Waals surface area contributed by atoms with Crippen molar-refractivity contribution in [1.82, 2.24) is 10.2 Å². The summed E-state index contributed by atoms with van der Waals surface area (Å²) in [6.07, 6.45) is 0.720. The molecule has 6 heteroatoms. The predicted octanol–water partition coefficient (Wildman–Crippen LogP) is 0.0818. The third-order valence-electron chi connectivity index (χ3n) is 3.00. The second kappa shape index (κ2) is 5.37. The van der Waals surface area contributed by atoms with Crippen molar-refractivity contribution in [2.45, 2.75) is 26.7 Å². The van der Waals surface area contributed by atoms with E-state index in [0.717, 1.165) is 0 Å². The molecule has 1 aliphatic carbocycles. The van der Waals surface area contributed by atoms with E-state index < -0.39 is 17.3 Å². The van der Waals surface area contributed by atoms with E-state index in [1.165, 1.54) is 11.9 Å². The van der Waals surface area contributed by atoms with Crippen molar-refractivity contribution >= 4 is 17.8 Å². The lowest BCUT2D eigenvalue weighted by molar-refractivity contribution is -0.153. The van der Waals surface area contributed by atoms with Crippen LogP contribution < -0.4 is 5.32 Å². The Labute approximate surface area is 106 Å². The van der Waals surface area contributed by atoms with Crippen LogP contribution in [-0.4, -0.2) is 47.9 Å². The zero-order chi connectivity index (χ0) is 13.9. The predicted molar refractivity (Wildman–Crippen MR) is 64.8 cm³/mol. The Morgan fingerprint density at radius 2 is 1.89 bits per heavy atom. The van der Waals surface area contributed by atoms with Gasteiger partial charge in [0.05, 0.1) is 6.54 Å². The topological polar surface area (TPSA) is 86.7 Å². The Morgan fingerprint density at radius 3 is 2.28 bits per heavy atom. The zero-order valence-electron chi connectivity index (χ0n) is 11.0. The molecule has 0 aromatic carbocycles. The molecule has 2 amide bonds. The molecule has 0 unspecified atom stereocenters. The summed E-state index contributed by atoms with van der Waals surface area (Å²) in [7, 11) is 1.46. The maximum absolute atomic E-state index is 11.9. The first kappa shape index (κ1) is 14.5. The molecular formula is C12H20N2O4. The van der Waals surface area contributed by atoms with Gasteiger partial charge in [0.25, 0.3) is 0 Å². The Kier molecular flexibility index (Phi) is 4.32. The molecule has 0 saturated heterocycles. The van der Waals surface area contributed by atoms with Crippen LogP contribution in [0.15, 0.2) is 0 Å². The summed E-state index contributed by atoms with van der Waals surface area (Å²) in [4.78, 5) is 35.6. The smallest absolute Gasteiger partial charge is 0.319 e. The average Bonchev–Trinajstić information content (AvgIpc) is 3.06. The normalized spacial score (nSPS) is 16.2. The third kappa shape index (κ3) is 3.21. The molecule has 0 bridgehead atoms. The van der Waals surface area contributed by atoms with E-state index in [4.69, 9.17) is 5.11 Å². The highest BCUT2D eigenvalue weighted by molar-refractivity contribution is 6.05. The molecular weight excluding hydrogens is 236 g/mol. The maximum Gasteiger partial charge on any atom is 0.319 e. The number of nitrogens with zero attached hydrogens (tertiary/aromatic N) is 1. The largest absolute Gasteiger partial charge is 0.480 e. The maximum atomic E-state index is 11.9. The lowest BCUT2D eigenvalue weighted by Gasteiger charge is -2.20. The summed E-state index contributed by atoms with van der Waals surface area (Å²) in [5.74, 6) is -1.50. The average molecular weight is 256 g/mol. The fraction of sp³-hybridized carbons (Fsp3) is 0.750. The van der Waals surface area contributed by atoms with Crippen LogP contribution in [-0.2, 0) is 14.4 Å². The minimum absolute atomic E-state index is 0.0966. The number of carboxylic acid groups (broad SMARTS) is 1. The van der Waals surface area contributed by atoms with Gasteiger partial charge >= 0.3 is 5.97 Å². The highest BCUT2D eigenvalue weighted by Gasteiger charge is 2.58. The van der Waals surface area contributed by atoms with Crippen molar-refractivity contribution in [3.63, 3.8) is 0 Å². The number of amides is 2. The van der Waals surface area contributed by atoms with Crippen molar-refractivity contribution in [3.05, 3.63) is 0 Å². The van der Waals surface area contributed by atoms with Crippen LogP contribution in [0, 0.1) is 11.3 Å². The van der Waals surface area contributed by atoms with E-state index in [1.807, 2.05) is 13.8 Å². The highest BCUT2D eigenvalue weighted by atomic mass is 16.4. The van der Waals surface area contributed by atoms with Gasteiger partial charge in [-0.2, -0.15) is 0 Å². The Morgan fingerprint density at radius 1 is 1.33 bits per heavy atom. The Bertz CT molecular complexity index is 361. The summed E-state index contributed by atoms with van der Waals surface area (Å²) in [6, 6.07) is 0. The van der Waals surface area contributed by atoms with Crippen LogP contribution in [0.1, 0.15) is 26.7 Å². The van der Waals surface area contributed by atoms with E-state index in [1.54, 1.807) is 0 Å². The lowest BCUT2D eigenvalue weighted by atomic mass is 10.1. The van der Waals surface area contributed by atoms with Gasteiger partial charge in [0.15, 0.2) is 0 Å². The standard InChI is InChI=1S/C12H20N2O4/c1-8(2)6-13-9(15)7-14(3)10(16)12(4-5-12)11(17)18/h8H,4-7H2,1-3H3,(H,13,15)(H,17,18). The van der Waals surface area contributed by atoms with Crippen LogP contribution >= 0.6 is 0 Å². The molecule has 0 heterocycles. The fourth-order valence-electron chi connectivity index (χ4n) is 1.67. The number of hydrogen-bond donors (Lipinski definition) is 2. The molecule has 0 aromatic heterocycles. The molecule has 1 saturated carbocycles. The van der Waals surface area contributed by atoms with Gasteiger partial charge in [0.2, 0.25) is 11.8 Å². The van der Waals surface area contributed by atoms with Crippen LogP contribution in [0.2, 0.25) is 0 Å².